The molecule has 0 aromatic rings. The number of hydrogen-bond donors (Lipinski definition) is 0. The molecule has 222 valence electrons. The SMILES string of the molecule is CC1CCC(COC2CCC(C3CCC(C4=NC(C)(C)CO4)C(C4=NC(C)(C)CO4)C3)CC2)CC1.[Cl][Pd][Cl]. The van der Waals surface area contributed by atoms with Crippen molar-refractivity contribution < 1.29 is 30.2 Å². The van der Waals surface area contributed by atoms with Crippen LogP contribution in [0.2, 0.25) is 0 Å². The Balaban J connectivity index is 0.00000107. The molecular weight excluding hydrogens is 614 g/mol. The van der Waals surface area contributed by atoms with Crippen LogP contribution in [-0.2, 0) is 30.2 Å². The fourth-order valence-electron chi connectivity index (χ4n) is 7.30. The van der Waals surface area contributed by atoms with Gasteiger partial charge in [0.2, 0.25) is 0 Å². The van der Waals surface area contributed by atoms with E-state index < -0.39 is 0 Å². The molecule has 5 aliphatic rings. The third-order valence-corrected chi connectivity index (χ3v) is 9.59. The van der Waals surface area contributed by atoms with Crippen LogP contribution in [0.15, 0.2) is 9.98 Å². The summed E-state index contributed by atoms with van der Waals surface area (Å²) in [6.45, 7) is 13.5. The summed E-state index contributed by atoms with van der Waals surface area (Å²) in [6, 6.07) is 0. The summed E-state index contributed by atoms with van der Waals surface area (Å²) in [4.78, 5) is 10.0. The van der Waals surface area contributed by atoms with Crippen LogP contribution in [0.5, 0.6) is 0 Å². The Hall–Kier alpha value is 0.142. The van der Waals surface area contributed by atoms with Crippen molar-refractivity contribution in [3.63, 3.8) is 0 Å². The summed E-state index contributed by atoms with van der Waals surface area (Å²) >= 11 is -0.106. The van der Waals surface area contributed by atoms with E-state index in [-0.39, 0.29) is 27.0 Å². The Morgan fingerprint density at radius 3 is 1.82 bits per heavy atom. The second kappa shape index (κ2) is 13.9. The minimum absolute atomic E-state index is 0.106. The molecule has 0 spiro atoms. The van der Waals surface area contributed by atoms with Crippen LogP contribution in [0.1, 0.15) is 105 Å². The van der Waals surface area contributed by atoms with Crippen molar-refractivity contribution in [1.82, 2.24) is 0 Å². The standard InChI is InChI=1S/C30H50N2O3.2ClH.Pd/c1-20-6-8-21(9-7-20)17-33-24-13-10-22(11-14-24)23-12-15-25(27-31-29(2,3)18-34-27)26(16-23)28-32-30(4,5)19-35-28;;;/h20-26H,6-19H2,1-5H3;2*1H;/q;;;+2/p-2. The quantitative estimate of drug-likeness (QED) is 0.269. The summed E-state index contributed by atoms with van der Waals surface area (Å²) in [5.74, 6) is 5.86. The number of aliphatic imine (C=N–C) groups is 2. The van der Waals surface area contributed by atoms with Crippen LogP contribution in [0.3, 0.4) is 0 Å². The van der Waals surface area contributed by atoms with Gasteiger partial charge in [0.15, 0.2) is 11.8 Å². The molecule has 2 heterocycles. The molecule has 0 saturated heterocycles. The first-order valence-corrected chi connectivity index (χ1v) is 19.0. The van der Waals surface area contributed by atoms with Gasteiger partial charge >= 0.3 is 35.0 Å². The van der Waals surface area contributed by atoms with E-state index >= 15 is 0 Å². The molecule has 3 aliphatic carbocycles. The molecule has 38 heavy (non-hydrogen) atoms. The van der Waals surface area contributed by atoms with Crippen molar-refractivity contribution in [3.8, 4) is 0 Å². The van der Waals surface area contributed by atoms with E-state index in [2.05, 4.69) is 34.6 Å². The van der Waals surface area contributed by atoms with Crippen LogP contribution in [0.25, 0.3) is 0 Å². The van der Waals surface area contributed by atoms with Crippen LogP contribution >= 0.6 is 19.1 Å². The zero-order chi connectivity index (χ0) is 27.3. The van der Waals surface area contributed by atoms with Gasteiger partial charge in [0.1, 0.15) is 13.2 Å². The number of rotatable bonds is 6. The van der Waals surface area contributed by atoms with E-state index in [1.807, 2.05) is 0 Å². The van der Waals surface area contributed by atoms with Gasteiger partial charge in [-0.2, -0.15) is 0 Å². The van der Waals surface area contributed by atoms with Crippen molar-refractivity contribution in [2.24, 2.45) is 45.5 Å². The van der Waals surface area contributed by atoms with Gasteiger partial charge in [-0.25, -0.2) is 9.98 Å². The summed E-state index contributed by atoms with van der Waals surface area (Å²) in [5.41, 5.74) is -0.223. The molecule has 8 heteroatoms. The third-order valence-electron chi connectivity index (χ3n) is 9.59. The Morgan fingerprint density at radius 2 is 1.29 bits per heavy atom. The van der Waals surface area contributed by atoms with E-state index in [1.165, 1.54) is 64.2 Å². The molecule has 5 rings (SSSR count). The fourth-order valence-corrected chi connectivity index (χ4v) is 7.30. The van der Waals surface area contributed by atoms with Gasteiger partial charge in [0.05, 0.1) is 17.2 Å². The monoisotopic (exact) mass is 662 g/mol. The van der Waals surface area contributed by atoms with Gasteiger partial charge in [0, 0.05) is 18.4 Å². The third kappa shape index (κ3) is 8.58. The Morgan fingerprint density at radius 1 is 0.763 bits per heavy atom. The molecular formula is C30H50Cl2N2O3Pd. The van der Waals surface area contributed by atoms with E-state index in [0.717, 1.165) is 48.5 Å². The molecule has 0 bridgehead atoms. The second-order valence-corrected chi connectivity index (χ2v) is 16.3. The van der Waals surface area contributed by atoms with Crippen LogP contribution < -0.4 is 0 Å². The summed E-state index contributed by atoms with van der Waals surface area (Å²) in [6.07, 6.45) is 14.7. The number of hydrogen-bond acceptors (Lipinski definition) is 5. The summed E-state index contributed by atoms with van der Waals surface area (Å²) in [5, 5.41) is 0. The van der Waals surface area contributed by atoms with Crippen LogP contribution in [0, 0.1) is 35.5 Å². The van der Waals surface area contributed by atoms with Gasteiger partial charge < -0.3 is 14.2 Å². The van der Waals surface area contributed by atoms with Gasteiger partial charge in [-0.15, -0.1) is 0 Å². The first-order valence-electron chi connectivity index (χ1n) is 15.0. The fraction of sp³-hybridized carbons (Fsp3) is 0.933. The van der Waals surface area contributed by atoms with Crippen molar-refractivity contribution in [2.75, 3.05) is 19.8 Å². The minimum atomic E-state index is -0.115. The van der Waals surface area contributed by atoms with E-state index in [4.69, 9.17) is 43.3 Å². The predicted octanol–water partition coefficient (Wildman–Crippen LogP) is 8.21. The van der Waals surface area contributed by atoms with Gasteiger partial charge in [0.25, 0.3) is 0 Å². The molecule has 2 aliphatic heterocycles. The van der Waals surface area contributed by atoms with E-state index in [0.29, 0.717) is 31.2 Å². The Kier molecular flexibility index (Phi) is 11.3. The molecule has 3 saturated carbocycles. The van der Waals surface area contributed by atoms with Gasteiger partial charge in [-0.05, 0) is 109 Å². The summed E-state index contributed by atoms with van der Waals surface area (Å²) < 4.78 is 18.8. The normalized spacial score (nSPS) is 38.3. The van der Waals surface area contributed by atoms with Crippen LogP contribution in [-0.4, -0.2) is 48.8 Å². The maximum atomic E-state index is 6.45. The second-order valence-electron chi connectivity index (χ2n) is 13.9. The molecule has 0 aromatic carbocycles. The number of ether oxygens (including phenoxy) is 3. The topological polar surface area (TPSA) is 52.4 Å². The van der Waals surface area contributed by atoms with Crippen molar-refractivity contribution in [1.29, 1.82) is 0 Å². The molecule has 0 aromatic heterocycles. The Labute approximate surface area is 247 Å². The van der Waals surface area contributed by atoms with E-state index in [9.17, 15) is 0 Å². The van der Waals surface area contributed by atoms with Crippen molar-refractivity contribution >= 4 is 30.9 Å². The van der Waals surface area contributed by atoms with Crippen molar-refractivity contribution in [3.05, 3.63) is 0 Å². The number of nitrogens with zero attached hydrogens (tertiary/aromatic N) is 2. The first-order chi connectivity index (χ1) is 18.1. The molecule has 0 amide bonds. The summed E-state index contributed by atoms with van der Waals surface area (Å²) in [7, 11) is 9.63. The van der Waals surface area contributed by atoms with Crippen molar-refractivity contribution in [2.45, 2.75) is 122 Å². The average Bonchev–Trinajstić information content (AvgIpc) is 3.44. The number of halogens is 2. The first kappa shape index (κ1) is 31.1. The molecule has 0 radical (unpaired) electrons. The average molecular weight is 664 g/mol. The molecule has 5 nitrogen and oxygen atoms in total. The zero-order valence-corrected chi connectivity index (χ0v) is 27.2. The molecule has 3 fully saturated rings. The van der Waals surface area contributed by atoms with Gasteiger partial charge in [-0.3, -0.25) is 0 Å². The molecule has 3 atom stereocenters. The van der Waals surface area contributed by atoms with Crippen LogP contribution in [0.4, 0.5) is 0 Å². The molecule has 3 unspecified atom stereocenters. The Bertz CT molecular complexity index is 820. The maximum absolute atomic E-state index is 6.45. The zero-order valence-electron chi connectivity index (χ0n) is 24.1. The molecule has 0 N–H and O–H groups in total. The van der Waals surface area contributed by atoms with E-state index in [1.54, 1.807) is 0 Å². The predicted molar refractivity (Wildman–Crippen MR) is 154 cm³/mol. The van der Waals surface area contributed by atoms with Gasteiger partial charge in [-0.1, -0.05) is 19.8 Å².